The van der Waals surface area contributed by atoms with E-state index in [-0.39, 0.29) is 13.1 Å². The van der Waals surface area contributed by atoms with Crippen LogP contribution in [0.15, 0.2) is 0 Å². The van der Waals surface area contributed by atoms with Gasteiger partial charge in [0.25, 0.3) is 0 Å². The first-order valence-electron chi connectivity index (χ1n) is 5.86. The normalized spacial score (nSPS) is 10.7. The van der Waals surface area contributed by atoms with Gasteiger partial charge in [-0.3, -0.25) is 14.5 Å². The number of rotatable bonds is 11. The fraction of sp³-hybridized carbons (Fsp3) is 0.818. The maximum absolute atomic E-state index is 10.5. The van der Waals surface area contributed by atoms with Crippen molar-refractivity contribution in [2.75, 3.05) is 33.2 Å². The van der Waals surface area contributed by atoms with Crippen LogP contribution < -0.4 is 5.32 Å². The van der Waals surface area contributed by atoms with E-state index in [0.29, 0.717) is 6.54 Å². The molecule has 0 aliphatic rings. The summed E-state index contributed by atoms with van der Waals surface area (Å²) in [5.74, 6) is -1.97. The van der Waals surface area contributed by atoms with Crippen LogP contribution in [0.4, 0.5) is 0 Å². The first kappa shape index (κ1) is 15.9. The van der Waals surface area contributed by atoms with Gasteiger partial charge in [0.1, 0.15) is 0 Å². The zero-order valence-electron chi connectivity index (χ0n) is 10.3. The summed E-state index contributed by atoms with van der Waals surface area (Å²) in [5.41, 5.74) is 0. The summed E-state index contributed by atoms with van der Waals surface area (Å²) in [7, 11) is 1.90. The van der Waals surface area contributed by atoms with E-state index in [0.717, 1.165) is 32.2 Å². The number of nitrogens with zero attached hydrogens (tertiary/aromatic N) is 1. The van der Waals surface area contributed by atoms with Crippen LogP contribution in [0.1, 0.15) is 25.7 Å². The summed E-state index contributed by atoms with van der Waals surface area (Å²) < 4.78 is 0. The second-order valence-electron chi connectivity index (χ2n) is 4.02. The van der Waals surface area contributed by atoms with E-state index in [4.69, 9.17) is 10.2 Å². The molecule has 0 radical (unpaired) electrons. The molecule has 0 saturated heterocycles. The van der Waals surface area contributed by atoms with Gasteiger partial charge in [-0.2, -0.15) is 0 Å². The van der Waals surface area contributed by atoms with Crippen molar-refractivity contribution in [3.63, 3.8) is 0 Å². The highest BCUT2D eigenvalue weighted by Gasteiger charge is 2.12. The van der Waals surface area contributed by atoms with Crippen LogP contribution in [0.5, 0.6) is 0 Å². The molecule has 0 aliphatic heterocycles. The minimum absolute atomic E-state index is 0.206. The van der Waals surface area contributed by atoms with Crippen molar-refractivity contribution in [3.05, 3.63) is 0 Å². The Hall–Kier alpha value is -1.14. The molecule has 6 nitrogen and oxygen atoms in total. The van der Waals surface area contributed by atoms with Crippen molar-refractivity contribution in [3.8, 4) is 0 Å². The molecule has 3 N–H and O–H groups in total. The van der Waals surface area contributed by atoms with Crippen LogP contribution in [0.2, 0.25) is 0 Å². The van der Waals surface area contributed by atoms with E-state index < -0.39 is 11.9 Å². The topological polar surface area (TPSA) is 89.9 Å². The van der Waals surface area contributed by atoms with Crippen LogP contribution >= 0.6 is 0 Å². The first-order valence-corrected chi connectivity index (χ1v) is 5.86. The standard InChI is InChI=1S/C11H22N2O4/c1-12-6-4-2-3-5-7-13(8-10(14)15)9-11(16)17/h12H,2-9H2,1H3,(H,14,15)(H,16,17). The second kappa shape index (κ2) is 10.0. The number of carboxylic acids is 2. The van der Waals surface area contributed by atoms with E-state index in [1.165, 1.54) is 4.90 Å². The van der Waals surface area contributed by atoms with Crippen LogP contribution in [-0.2, 0) is 9.59 Å². The van der Waals surface area contributed by atoms with Gasteiger partial charge >= 0.3 is 11.9 Å². The minimum atomic E-state index is -0.985. The number of unbranched alkanes of at least 4 members (excludes halogenated alkanes) is 3. The van der Waals surface area contributed by atoms with Crippen molar-refractivity contribution in [1.29, 1.82) is 0 Å². The molecule has 0 atom stereocenters. The van der Waals surface area contributed by atoms with Gasteiger partial charge in [-0.05, 0) is 33.0 Å². The molecular formula is C11H22N2O4. The molecule has 0 rings (SSSR count). The van der Waals surface area contributed by atoms with Crippen LogP contribution in [0, 0.1) is 0 Å². The summed E-state index contributed by atoms with van der Waals surface area (Å²) in [6.45, 7) is 1.09. The molecule has 0 aromatic rings. The molecule has 0 heterocycles. The molecule has 0 fully saturated rings. The molecule has 0 aromatic carbocycles. The Morgan fingerprint density at radius 1 is 1.00 bits per heavy atom. The van der Waals surface area contributed by atoms with Gasteiger partial charge in [0.05, 0.1) is 13.1 Å². The van der Waals surface area contributed by atoms with Crippen LogP contribution in [-0.4, -0.2) is 60.3 Å². The Morgan fingerprint density at radius 2 is 1.53 bits per heavy atom. The Morgan fingerprint density at radius 3 is 2.00 bits per heavy atom. The van der Waals surface area contributed by atoms with Crippen molar-refractivity contribution in [2.24, 2.45) is 0 Å². The molecule has 0 amide bonds. The first-order chi connectivity index (χ1) is 8.06. The molecule has 17 heavy (non-hydrogen) atoms. The van der Waals surface area contributed by atoms with E-state index in [2.05, 4.69) is 5.32 Å². The van der Waals surface area contributed by atoms with E-state index in [1.807, 2.05) is 7.05 Å². The predicted molar refractivity (Wildman–Crippen MR) is 64.1 cm³/mol. The lowest BCUT2D eigenvalue weighted by Gasteiger charge is -2.17. The van der Waals surface area contributed by atoms with Crippen molar-refractivity contribution in [2.45, 2.75) is 25.7 Å². The predicted octanol–water partition coefficient (Wildman–Crippen LogP) is 0.237. The van der Waals surface area contributed by atoms with Crippen molar-refractivity contribution >= 4 is 11.9 Å². The summed E-state index contributed by atoms with van der Waals surface area (Å²) >= 11 is 0. The summed E-state index contributed by atoms with van der Waals surface area (Å²) in [5, 5.41) is 20.3. The summed E-state index contributed by atoms with van der Waals surface area (Å²) in [6, 6.07) is 0. The van der Waals surface area contributed by atoms with Gasteiger partial charge < -0.3 is 15.5 Å². The maximum Gasteiger partial charge on any atom is 0.317 e. The molecule has 0 saturated carbocycles. The van der Waals surface area contributed by atoms with Gasteiger partial charge in [0.2, 0.25) is 0 Å². The number of hydrogen-bond acceptors (Lipinski definition) is 4. The quantitative estimate of drug-likeness (QED) is 0.452. The van der Waals surface area contributed by atoms with E-state index >= 15 is 0 Å². The average molecular weight is 246 g/mol. The lowest BCUT2D eigenvalue weighted by molar-refractivity contribution is -0.141. The Kier molecular flexibility index (Phi) is 9.37. The lowest BCUT2D eigenvalue weighted by atomic mass is 10.2. The highest BCUT2D eigenvalue weighted by molar-refractivity contribution is 5.72. The van der Waals surface area contributed by atoms with Gasteiger partial charge in [-0.15, -0.1) is 0 Å². The van der Waals surface area contributed by atoms with Gasteiger partial charge in [0, 0.05) is 0 Å². The Labute approximate surface area is 102 Å². The Bertz CT molecular complexity index is 218. The lowest BCUT2D eigenvalue weighted by Crippen LogP contribution is -2.35. The molecule has 0 bridgehead atoms. The Balaban J connectivity index is 3.68. The largest absolute Gasteiger partial charge is 0.480 e. The van der Waals surface area contributed by atoms with Gasteiger partial charge in [0.15, 0.2) is 0 Å². The van der Waals surface area contributed by atoms with E-state index in [1.54, 1.807) is 0 Å². The number of aliphatic carboxylic acids is 2. The van der Waals surface area contributed by atoms with Crippen LogP contribution in [0.3, 0.4) is 0 Å². The smallest absolute Gasteiger partial charge is 0.317 e. The fourth-order valence-electron chi connectivity index (χ4n) is 1.59. The maximum atomic E-state index is 10.5. The molecule has 100 valence electrons. The fourth-order valence-corrected chi connectivity index (χ4v) is 1.59. The zero-order chi connectivity index (χ0) is 13.1. The number of carboxylic acid groups (broad SMARTS) is 2. The minimum Gasteiger partial charge on any atom is -0.480 e. The third-order valence-electron chi connectivity index (χ3n) is 2.37. The van der Waals surface area contributed by atoms with Gasteiger partial charge in [-0.1, -0.05) is 12.8 Å². The SMILES string of the molecule is CNCCCCCCN(CC(=O)O)CC(=O)O. The molecule has 0 aromatic heterocycles. The molecule has 0 unspecified atom stereocenters. The zero-order valence-corrected chi connectivity index (χ0v) is 10.3. The third kappa shape index (κ3) is 11.1. The third-order valence-corrected chi connectivity index (χ3v) is 2.37. The molecule has 6 heteroatoms. The monoisotopic (exact) mass is 246 g/mol. The summed E-state index contributed by atoms with van der Waals surface area (Å²) in [6.07, 6.45) is 4.00. The van der Waals surface area contributed by atoms with Gasteiger partial charge in [-0.25, -0.2) is 0 Å². The highest BCUT2D eigenvalue weighted by Crippen LogP contribution is 2.01. The van der Waals surface area contributed by atoms with Crippen molar-refractivity contribution < 1.29 is 19.8 Å². The number of carbonyl (C=O) groups is 2. The van der Waals surface area contributed by atoms with Crippen LogP contribution in [0.25, 0.3) is 0 Å². The average Bonchev–Trinajstić information content (AvgIpc) is 2.21. The van der Waals surface area contributed by atoms with E-state index in [9.17, 15) is 9.59 Å². The van der Waals surface area contributed by atoms with Crippen molar-refractivity contribution in [1.82, 2.24) is 10.2 Å². The number of hydrogen-bond donors (Lipinski definition) is 3. The molecule has 0 aliphatic carbocycles. The molecular weight excluding hydrogens is 224 g/mol. The number of nitrogens with one attached hydrogen (secondary N) is 1. The molecule has 0 spiro atoms. The second-order valence-corrected chi connectivity index (χ2v) is 4.02. The highest BCUT2D eigenvalue weighted by atomic mass is 16.4. The summed E-state index contributed by atoms with van der Waals surface area (Å²) in [4.78, 5) is 22.5.